The topological polar surface area (TPSA) is 78.9 Å². The molecular weight excluding hydrogens is 318 g/mol. The maximum atomic E-state index is 10.7. The van der Waals surface area contributed by atoms with E-state index in [0.29, 0.717) is 11.0 Å². The maximum Gasteiger partial charge on any atom is 0.316 e. The second-order valence-corrected chi connectivity index (χ2v) is 5.80. The van der Waals surface area contributed by atoms with Gasteiger partial charge in [0, 0.05) is 10.0 Å². The fourth-order valence-electron chi connectivity index (χ4n) is 1.24. The highest BCUT2D eigenvalue weighted by Crippen LogP contribution is 2.23. The molecule has 0 bridgehead atoms. The minimum absolute atomic E-state index is 0.433. The number of rotatable bonds is 4. The SMILES string of the molecule is C[C@H](Sc1n[nH]c(-c2ccc(Br)cc2)n1)C(=O)O. The van der Waals surface area contributed by atoms with Crippen molar-refractivity contribution in [1.82, 2.24) is 15.2 Å². The molecule has 7 heteroatoms. The van der Waals surface area contributed by atoms with Crippen molar-refractivity contribution in [3.05, 3.63) is 28.7 Å². The van der Waals surface area contributed by atoms with Crippen molar-refractivity contribution in [2.45, 2.75) is 17.3 Å². The smallest absolute Gasteiger partial charge is 0.316 e. The molecule has 1 aromatic heterocycles. The monoisotopic (exact) mass is 327 g/mol. The molecule has 0 amide bonds. The van der Waals surface area contributed by atoms with Crippen molar-refractivity contribution < 1.29 is 9.90 Å². The Morgan fingerprint density at radius 1 is 1.44 bits per heavy atom. The van der Waals surface area contributed by atoms with Crippen LogP contribution in [0.25, 0.3) is 11.4 Å². The highest BCUT2D eigenvalue weighted by Gasteiger charge is 2.15. The summed E-state index contributed by atoms with van der Waals surface area (Å²) in [6.45, 7) is 1.60. The van der Waals surface area contributed by atoms with Gasteiger partial charge < -0.3 is 5.11 Å². The van der Waals surface area contributed by atoms with Gasteiger partial charge in [0.25, 0.3) is 0 Å². The van der Waals surface area contributed by atoms with Gasteiger partial charge in [0.2, 0.25) is 5.16 Å². The van der Waals surface area contributed by atoms with Gasteiger partial charge in [0.1, 0.15) is 5.25 Å². The fraction of sp³-hybridized carbons (Fsp3) is 0.182. The third-order valence-corrected chi connectivity index (χ3v) is 3.69. The van der Waals surface area contributed by atoms with E-state index in [1.807, 2.05) is 24.3 Å². The average Bonchev–Trinajstić information content (AvgIpc) is 2.78. The molecule has 0 saturated carbocycles. The normalized spacial score (nSPS) is 12.3. The lowest BCUT2D eigenvalue weighted by atomic mass is 10.2. The molecule has 94 valence electrons. The molecule has 18 heavy (non-hydrogen) atoms. The van der Waals surface area contributed by atoms with Crippen molar-refractivity contribution in [1.29, 1.82) is 0 Å². The van der Waals surface area contributed by atoms with Crippen LogP contribution in [-0.2, 0) is 4.79 Å². The van der Waals surface area contributed by atoms with Gasteiger partial charge >= 0.3 is 5.97 Å². The predicted octanol–water partition coefficient (Wildman–Crippen LogP) is 2.80. The molecule has 0 radical (unpaired) electrons. The Kier molecular flexibility index (Phi) is 4.03. The molecule has 0 aliphatic heterocycles. The molecule has 5 nitrogen and oxygen atoms in total. The number of carboxylic acid groups (broad SMARTS) is 1. The number of nitrogens with one attached hydrogen (secondary N) is 1. The minimum Gasteiger partial charge on any atom is -0.480 e. The largest absolute Gasteiger partial charge is 0.480 e. The second-order valence-electron chi connectivity index (χ2n) is 3.57. The molecule has 0 unspecified atom stereocenters. The summed E-state index contributed by atoms with van der Waals surface area (Å²) in [5, 5.41) is 15.5. The molecule has 1 aromatic carbocycles. The number of benzene rings is 1. The first kappa shape index (κ1) is 13.1. The van der Waals surface area contributed by atoms with Gasteiger partial charge in [-0.05, 0) is 19.1 Å². The number of nitrogens with zero attached hydrogens (tertiary/aromatic N) is 2. The molecule has 0 aliphatic rings. The molecule has 0 aliphatic carbocycles. The predicted molar refractivity (Wildman–Crippen MR) is 72.5 cm³/mol. The number of carboxylic acids is 1. The number of hydrogen-bond donors (Lipinski definition) is 2. The van der Waals surface area contributed by atoms with E-state index in [1.165, 1.54) is 0 Å². The number of carbonyl (C=O) groups is 1. The highest BCUT2D eigenvalue weighted by molar-refractivity contribution is 9.10. The maximum absolute atomic E-state index is 10.7. The summed E-state index contributed by atoms with van der Waals surface area (Å²) in [7, 11) is 0. The third-order valence-electron chi connectivity index (χ3n) is 2.21. The van der Waals surface area contributed by atoms with Crippen LogP contribution in [0.1, 0.15) is 6.92 Å². The summed E-state index contributed by atoms with van der Waals surface area (Å²) in [4.78, 5) is 15.0. The van der Waals surface area contributed by atoms with E-state index in [9.17, 15) is 4.79 Å². The Hall–Kier alpha value is -1.34. The van der Waals surface area contributed by atoms with Crippen molar-refractivity contribution in [2.75, 3.05) is 0 Å². The van der Waals surface area contributed by atoms with Crippen LogP contribution in [0.3, 0.4) is 0 Å². The zero-order chi connectivity index (χ0) is 13.1. The summed E-state index contributed by atoms with van der Waals surface area (Å²) in [6.07, 6.45) is 0. The van der Waals surface area contributed by atoms with E-state index in [4.69, 9.17) is 5.11 Å². The fourth-order valence-corrected chi connectivity index (χ4v) is 2.17. The molecule has 2 aromatic rings. The van der Waals surface area contributed by atoms with Crippen molar-refractivity contribution in [3.8, 4) is 11.4 Å². The van der Waals surface area contributed by atoms with E-state index in [2.05, 4.69) is 31.1 Å². The number of aromatic amines is 1. The summed E-state index contributed by atoms with van der Waals surface area (Å²) >= 11 is 4.46. The molecule has 0 saturated heterocycles. The molecule has 0 fully saturated rings. The van der Waals surface area contributed by atoms with Gasteiger partial charge in [-0.2, -0.15) is 0 Å². The van der Waals surface area contributed by atoms with E-state index in [0.717, 1.165) is 21.8 Å². The van der Waals surface area contributed by atoms with Crippen LogP contribution in [0.4, 0.5) is 0 Å². The van der Waals surface area contributed by atoms with E-state index >= 15 is 0 Å². The van der Waals surface area contributed by atoms with Gasteiger partial charge in [0.05, 0.1) is 0 Å². The Balaban J connectivity index is 2.15. The summed E-state index contributed by atoms with van der Waals surface area (Å²) in [5.41, 5.74) is 0.903. The van der Waals surface area contributed by atoms with E-state index < -0.39 is 11.2 Å². The van der Waals surface area contributed by atoms with Gasteiger partial charge in [-0.15, -0.1) is 5.10 Å². The summed E-state index contributed by atoms with van der Waals surface area (Å²) in [6, 6.07) is 7.62. The lowest BCUT2D eigenvalue weighted by Gasteiger charge is -2.00. The Morgan fingerprint density at radius 2 is 2.11 bits per heavy atom. The van der Waals surface area contributed by atoms with Gasteiger partial charge in [-0.1, -0.05) is 39.8 Å². The summed E-state index contributed by atoms with van der Waals surface area (Å²) < 4.78 is 0.986. The van der Waals surface area contributed by atoms with Crippen LogP contribution in [0, 0.1) is 0 Å². The Morgan fingerprint density at radius 3 is 2.72 bits per heavy atom. The van der Waals surface area contributed by atoms with Crippen LogP contribution in [0.2, 0.25) is 0 Å². The zero-order valence-corrected chi connectivity index (χ0v) is 11.8. The zero-order valence-electron chi connectivity index (χ0n) is 9.42. The Bertz CT molecular complexity index is 556. The van der Waals surface area contributed by atoms with Gasteiger partial charge in [-0.3, -0.25) is 9.89 Å². The van der Waals surface area contributed by atoms with Crippen LogP contribution < -0.4 is 0 Å². The molecule has 2 rings (SSSR count). The van der Waals surface area contributed by atoms with E-state index in [1.54, 1.807) is 6.92 Å². The molecule has 0 spiro atoms. The molecule has 1 heterocycles. The lowest BCUT2D eigenvalue weighted by Crippen LogP contribution is -2.11. The number of aromatic nitrogens is 3. The highest BCUT2D eigenvalue weighted by atomic mass is 79.9. The number of H-pyrrole nitrogens is 1. The quantitative estimate of drug-likeness (QED) is 0.844. The third kappa shape index (κ3) is 3.11. The van der Waals surface area contributed by atoms with Crippen molar-refractivity contribution in [3.63, 3.8) is 0 Å². The molecular formula is C11H10BrN3O2S. The number of hydrogen-bond acceptors (Lipinski definition) is 4. The first-order chi connectivity index (χ1) is 8.56. The van der Waals surface area contributed by atoms with Crippen LogP contribution in [0.15, 0.2) is 33.9 Å². The molecule has 2 N–H and O–H groups in total. The number of halogens is 1. The number of aliphatic carboxylic acids is 1. The average molecular weight is 328 g/mol. The summed E-state index contributed by atoms with van der Waals surface area (Å²) in [5.74, 6) is -0.252. The van der Waals surface area contributed by atoms with Crippen LogP contribution >= 0.6 is 27.7 Å². The van der Waals surface area contributed by atoms with Crippen LogP contribution in [-0.4, -0.2) is 31.5 Å². The minimum atomic E-state index is -0.880. The van der Waals surface area contributed by atoms with Gasteiger partial charge in [0.15, 0.2) is 5.82 Å². The van der Waals surface area contributed by atoms with Crippen molar-refractivity contribution >= 4 is 33.7 Å². The van der Waals surface area contributed by atoms with Gasteiger partial charge in [-0.25, -0.2) is 4.98 Å². The molecule has 1 atom stereocenters. The standard InChI is InChI=1S/C11H10BrN3O2S/c1-6(10(16)17)18-11-13-9(14-15-11)7-2-4-8(12)5-3-7/h2-6H,1H3,(H,16,17)(H,13,14,15)/t6-/m0/s1. The first-order valence-corrected chi connectivity index (χ1v) is 6.81. The Labute approximate surface area is 116 Å². The second kappa shape index (κ2) is 5.53. The van der Waals surface area contributed by atoms with Crippen LogP contribution in [0.5, 0.6) is 0 Å². The lowest BCUT2D eigenvalue weighted by molar-refractivity contribution is -0.136. The van der Waals surface area contributed by atoms with E-state index in [-0.39, 0.29) is 0 Å². The number of thioether (sulfide) groups is 1. The van der Waals surface area contributed by atoms with Crippen molar-refractivity contribution in [2.24, 2.45) is 0 Å². The first-order valence-electron chi connectivity index (χ1n) is 5.14.